The highest BCUT2D eigenvalue weighted by atomic mass is 79.9. The van der Waals surface area contributed by atoms with Gasteiger partial charge < -0.3 is 0 Å². The number of hydrogen-bond donors (Lipinski definition) is 0. The van der Waals surface area contributed by atoms with Crippen molar-refractivity contribution in [2.75, 3.05) is 0 Å². The zero-order chi connectivity index (χ0) is 16.6. The summed E-state index contributed by atoms with van der Waals surface area (Å²) in [5.74, 6) is -2.04. The van der Waals surface area contributed by atoms with Gasteiger partial charge in [0.15, 0.2) is 6.29 Å². The average Bonchev–Trinajstić information content (AvgIpc) is 2.83. The first-order chi connectivity index (χ1) is 11.0. The first-order valence-electron chi connectivity index (χ1n) is 6.45. The smallest absolute Gasteiger partial charge is 0.155 e. The minimum atomic E-state index is -0.784. The molecule has 3 aromatic rings. The zero-order valence-electron chi connectivity index (χ0n) is 11.4. The van der Waals surface area contributed by atoms with Crippen molar-refractivity contribution >= 4 is 22.2 Å². The predicted octanol–water partition coefficient (Wildman–Crippen LogP) is 4.53. The molecule has 0 atom stereocenters. The van der Waals surface area contributed by atoms with E-state index in [0.29, 0.717) is 12.0 Å². The van der Waals surface area contributed by atoms with E-state index in [1.165, 1.54) is 22.9 Å². The fourth-order valence-electron chi connectivity index (χ4n) is 2.20. The lowest BCUT2D eigenvalue weighted by molar-refractivity contribution is 0.112. The molecule has 3 rings (SSSR count). The number of carbonyl (C=O) groups is 1. The van der Waals surface area contributed by atoms with Gasteiger partial charge in [0.25, 0.3) is 0 Å². The van der Waals surface area contributed by atoms with Crippen molar-refractivity contribution in [2.24, 2.45) is 0 Å². The molecule has 23 heavy (non-hydrogen) atoms. The molecule has 0 aliphatic heterocycles. The number of halogens is 4. The van der Waals surface area contributed by atoms with Gasteiger partial charge in [0, 0.05) is 11.6 Å². The Bertz CT molecular complexity index is 888. The van der Waals surface area contributed by atoms with Crippen molar-refractivity contribution in [1.82, 2.24) is 9.78 Å². The second-order valence-corrected chi connectivity index (χ2v) is 5.47. The van der Waals surface area contributed by atoms with E-state index in [-0.39, 0.29) is 21.4 Å². The van der Waals surface area contributed by atoms with Gasteiger partial charge in [-0.15, -0.1) is 0 Å². The highest BCUT2D eigenvalue weighted by Gasteiger charge is 2.19. The van der Waals surface area contributed by atoms with Gasteiger partial charge in [-0.1, -0.05) is 6.07 Å². The number of aldehydes is 1. The summed E-state index contributed by atoms with van der Waals surface area (Å²) in [7, 11) is 0. The van der Waals surface area contributed by atoms with E-state index in [9.17, 15) is 18.0 Å². The monoisotopic (exact) mass is 380 g/mol. The molecule has 0 bridgehead atoms. The Morgan fingerprint density at radius 2 is 1.70 bits per heavy atom. The van der Waals surface area contributed by atoms with E-state index in [4.69, 9.17) is 0 Å². The topological polar surface area (TPSA) is 34.9 Å². The quantitative estimate of drug-likeness (QED) is 0.625. The third-order valence-corrected chi connectivity index (χ3v) is 3.93. The molecule has 7 heteroatoms. The van der Waals surface area contributed by atoms with E-state index in [1.807, 2.05) is 0 Å². The lowest BCUT2D eigenvalue weighted by atomic mass is 10.1. The van der Waals surface area contributed by atoms with Crippen LogP contribution in [0.3, 0.4) is 0 Å². The van der Waals surface area contributed by atoms with Gasteiger partial charge in [-0.2, -0.15) is 5.10 Å². The number of nitrogens with zero attached hydrogens (tertiary/aromatic N) is 2. The van der Waals surface area contributed by atoms with Crippen molar-refractivity contribution < 1.29 is 18.0 Å². The lowest BCUT2D eigenvalue weighted by Crippen LogP contribution is -1.97. The summed E-state index contributed by atoms with van der Waals surface area (Å²) in [6.07, 6.45) is 0.519. The SMILES string of the molecule is O=Cc1c(-c2cc(F)cc(F)c2)nn(-c2cccc(F)c2)c1Br. The van der Waals surface area contributed by atoms with Crippen LogP contribution in [-0.4, -0.2) is 16.1 Å². The van der Waals surface area contributed by atoms with Crippen LogP contribution in [0.25, 0.3) is 16.9 Å². The molecular weight excluding hydrogens is 373 g/mol. The fraction of sp³-hybridized carbons (Fsp3) is 0. The van der Waals surface area contributed by atoms with E-state index in [2.05, 4.69) is 21.0 Å². The second-order valence-electron chi connectivity index (χ2n) is 4.72. The molecule has 0 amide bonds. The maximum atomic E-state index is 13.4. The predicted molar refractivity (Wildman–Crippen MR) is 82.0 cm³/mol. The number of aromatic nitrogens is 2. The summed E-state index contributed by atoms with van der Waals surface area (Å²) < 4.78 is 41.7. The summed E-state index contributed by atoms with van der Waals surface area (Å²) >= 11 is 3.22. The first kappa shape index (κ1) is 15.5. The average molecular weight is 381 g/mol. The first-order valence-corrected chi connectivity index (χ1v) is 7.25. The standard InChI is InChI=1S/C16H8BrF3N2O/c17-16-14(8-23)15(9-4-11(19)6-12(20)5-9)21-22(16)13-3-1-2-10(18)7-13/h1-8H. The molecule has 0 saturated heterocycles. The van der Waals surface area contributed by atoms with Crippen molar-refractivity contribution in [1.29, 1.82) is 0 Å². The molecule has 0 unspecified atom stereocenters. The van der Waals surface area contributed by atoms with Gasteiger partial charge in [0.1, 0.15) is 27.7 Å². The molecule has 0 spiro atoms. The number of rotatable bonds is 3. The molecule has 116 valence electrons. The Morgan fingerprint density at radius 1 is 1.00 bits per heavy atom. The van der Waals surface area contributed by atoms with Gasteiger partial charge in [-0.3, -0.25) is 4.79 Å². The van der Waals surface area contributed by atoms with E-state index >= 15 is 0 Å². The largest absolute Gasteiger partial charge is 0.298 e. The number of carbonyl (C=O) groups excluding carboxylic acids is 1. The minimum Gasteiger partial charge on any atom is -0.298 e. The van der Waals surface area contributed by atoms with E-state index < -0.39 is 17.5 Å². The molecule has 0 aliphatic rings. The van der Waals surface area contributed by atoms with Crippen molar-refractivity contribution in [3.05, 3.63) is 70.1 Å². The van der Waals surface area contributed by atoms with Crippen LogP contribution in [0.2, 0.25) is 0 Å². The van der Waals surface area contributed by atoms with Gasteiger partial charge >= 0.3 is 0 Å². The molecule has 0 aliphatic carbocycles. The molecule has 0 N–H and O–H groups in total. The normalized spacial score (nSPS) is 10.8. The summed E-state index contributed by atoms with van der Waals surface area (Å²) in [5.41, 5.74) is 0.678. The minimum absolute atomic E-state index is 0.0922. The molecule has 1 heterocycles. The Labute approximate surface area is 137 Å². The van der Waals surface area contributed by atoms with Crippen LogP contribution in [0.4, 0.5) is 13.2 Å². The molecular formula is C16H8BrF3N2O. The third-order valence-electron chi connectivity index (χ3n) is 3.17. The summed E-state index contributed by atoms with van der Waals surface area (Å²) in [4.78, 5) is 11.4. The van der Waals surface area contributed by atoms with Crippen LogP contribution in [0.5, 0.6) is 0 Å². The van der Waals surface area contributed by atoms with Crippen LogP contribution in [0, 0.1) is 17.5 Å². The summed E-state index contributed by atoms with van der Waals surface area (Å²) in [6, 6.07) is 8.43. The second kappa shape index (κ2) is 6.00. The maximum Gasteiger partial charge on any atom is 0.155 e. The highest BCUT2D eigenvalue weighted by molar-refractivity contribution is 9.10. The van der Waals surface area contributed by atoms with Gasteiger partial charge in [-0.05, 0) is 46.3 Å². The Hall–Kier alpha value is -2.41. The Morgan fingerprint density at radius 3 is 2.30 bits per heavy atom. The van der Waals surface area contributed by atoms with Crippen LogP contribution >= 0.6 is 15.9 Å². The van der Waals surface area contributed by atoms with Gasteiger partial charge in [0.2, 0.25) is 0 Å². The maximum absolute atomic E-state index is 13.4. The van der Waals surface area contributed by atoms with E-state index in [0.717, 1.165) is 18.2 Å². The summed E-state index contributed by atoms with van der Waals surface area (Å²) in [6.45, 7) is 0. The fourth-order valence-corrected chi connectivity index (χ4v) is 2.76. The number of benzene rings is 2. The van der Waals surface area contributed by atoms with Crippen molar-refractivity contribution in [2.45, 2.75) is 0 Å². The van der Waals surface area contributed by atoms with Crippen LogP contribution < -0.4 is 0 Å². The number of hydrogen-bond acceptors (Lipinski definition) is 2. The molecule has 0 fully saturated rings. The van der Waals surface area contributed by atoms with E-state index in [1.54, 1.807) is 6.07 Å². The molecule has 1 aromatic heterocycles. The van der Waals surface area contributed by atoms with Crippen LogP contribution in [0.1, 0.15) is 10.4 Å². The molecule has 2 aromatic carbocycles. The molecule has 0 radical (unpaired) electrons. The molecule has 3 nitrogen and oxygen atoms in total. The van der Waals surface area contributed by atoms with Crippen molar-refractivity contribution in [3.8, 4) is 16.9 Å². The third kappa shape index (κ3) is 2.92. The highest BCUT2D eigenvalue weighted by Crippen LogP contribution is 2.30. The molecule has 0 saturated carbocycles. The Kier molecular flexibility index (Phi) is 4.04. The van der Waals surface area contributed by atoms with Gasteiger partial charge in [-0.25, -0.2) is 17.9 Å². The lowest BCUT2D eigenvalue weighted by Gasteiger charge is -2.03. The summed E-state index contributed by atoms with van der Waals surface area (Å²) in [5, 5.41) is 4.18. The van der Waals surface area contributed by atoms with Crippen LogP contribution in [-0.2, 0) is 0 Å². The van der Waals surface area contributed by atoms with Crippen molar-refractivity contribution in [3.63, 3.8) is 0 Å². The van der Waals surface area contributed by atoms with Crippen LogP contribution in [0.15, 0.2) is 47.1 Å². The zero-order valence-corrected chi connectivity index (χ0v) is 13.0. The Balaban J connectivity index is 2.23. The van der Waals surface area contributed by atoms with Gasteiger partial charge in [0.05, 0.1) is 11.3 Å².